The van der Waals surface area contributed by atoms with Crippen molar-refractivity contribution >= 4 is 11.8 Å². The molecule has 0 aliphatic heterocycles. The number of terminal acetylenes is 1. The highest BCUT2D eigenvalue weighted by Gasteiger charge is 2.25. The maximum absolute atomic E-state index is 13.0. The van der Waals surface area contributed by atoms with E-state index in [9.17, 15) is 14.7 Å². The lowest BCUT2D eigenvalue weighted by Crippen LogP contribution is -2.47. The fourth-order valence-electron chi connectivity index (χ4n) is 5.00. The minimum absolute atomic E-state index is 0.0203. The van der Waals surface area contributed by atoms with Gasteiger partial charge in [-0.2, -0.15) is 0 Å². The number of aliphatic hydroxyl groups excluding tert-OH is 1. The maximum Gasteiger partial charge on any atom is 0.243 e. The summed E-state index contributed by atoms with van der Waals surface area (Å²) in [6.45, 7) is 12.3. The van der Waals surface area contributed by atoms with E-state index in [1.165, 1.54) is 32.1 Å². The molecule has 0 spiro atoms. The van der Waals surface area contributed by atoms with Crippen LogP contribution in [0.1, 0.15) is 84.1 Å². The zero-order valence-electron chi connectivity index (χ0n) is 27.9. The van der Waals surface area contributed by atoms with E-state index in [0.29, 0.717) is 31.0 Å². The number of hydrogen-bond acceptors (Lipinski definition) is 5. The number of carbonyl (C=O) groups excluding carboxylic acids is 2. The van der Waals surface area contributed by atoms with Crippen LogP contribution < -0.4 is 10.6 Å². The Balaban J connectivity index is 0.00000115. The van der Waals surface area contributed by atoms with Crippen molar-refractivity contribution in [1.82, 2.24) is 20.4 Å². The molecule has 1 aliphatic rings. The summed E-state index contributed by atoms with van der Waals surface area (Å²) < 4.78 is 0. The molecule has 1 aromatic carbocycles. The zero-order chi connectivity index (χ0) is 32.2. The number of aliphatic hydroxyl groups is 1. The van der Waals surface area contributed by atoms with Crippen molar-refractivity contribution in [3.63, 3.8) is 0 Å². The summed E-state index contributed by atoms with van der Waals surface area (Å²) in [4.78, 5) is 29.6. The molecule has 0 aromatic heterocycles. The second-order valence-corrected chi connectivity index (χ2v) is 13.0. The zero-order valence-corrected chi connectivity index (χ0v) is 27.9. The molecule has 1 aliphatic carbocycles. The summed E-state index contributed by atoms with van der Waals surface area (Å²) in [5.74, 6) is 3.59. The van der Waals surface area contributed by atoms with Crippen molar-refractivity contribution < 1.29 is 14.7 Å². The third kappa shape index (κ3) is 17.8. The number of likely N-dealkylation sites (N-methyl/N-ethyl adjacent to an activating group) is 2. The summed E-state index contributed by atoms with van der Waals surface area (Å²) in [5.41, 5.74) is 1.68. The molecular weight excluding hydrogens is 536 g/mol. The van der Waals surface area contributed by atoms with E-state index < -0.39 is 12.1 Å². The van der Waals surface area contributed by atoms with E-state index >= 15 is 0 Å². The molecule has 0 saturated heterocycles. The number of rotatable bonds is 17. The van der Waals surface area contributed by atoms with Crippen LogP contribution >= 0.6 is 0 Å². The van der Waals surface area contributed by atoms with Gasteiger partial charge in [-0.1, -0.05) is 89.8 Å². The van der Waals surface area contributed by atoms with Crippen LogP contribution in [0, 0.1) is 30.1 Å². The van der Waals surface area contributed by atoms with E-state index in [1.807, 2.05) is 49.3 Å². The van der Waals surface area contributed by atoms with Gasteiger partial charge in [0.2, 0.25) is 11.8 Å². The number of carbonyl (C=O) groups is 2. The molecule has 2 amide bonds. The summed E-state index contributed by atoms with van der Waals surface area (Å²) in [6, 6.07) is 9.23. The Morgan fingerprint density at radius 3 is 2.26 bits per heavy atom. The Hall–Kier alpha value is -2.82. The quantitative estimate of drug-likeness (QED) is 0.214. The number of benzene rings is 1. The van der Waals surface area contributed by atoms with Crippen molar-refractivity contribution in [2.24, 2.45) is 17.8 Å². The summed E-state index contributed by atoms with van der Waals surface area (Å²) >= 11 is 0. The predicted octanol–water partition coefficient (Wildman–Crippen LogP) is 5.25. The van der Waals surface area contributed by atoms with E-state index in [-0.39, 0.29) is 37.1 Å². The average molecular weight is 597 g/mol. The third-order valence-electron chi connectivity index (χ3n) is 8.03. The molecule has 43 heavy (non-hydrogen) atoms. The topological polar surface area (TPSA) is 84.9 Å². The minimum atomic E-state index is -0.695. The molecule has 3 atom stereocenters. The lowest BCUT2D eigenvalue weighted by molar-refractivity contribution is -0.130. The third-order valence-corrected chi connectivity index (χ3v) is 8.03. The van der Waals surface area contributed by atoms with Gasteiger partial charge in [-0.15, -0.1) is 12.3 Å². The highest BCUT2D eigenvalue weighted by atomic mass is 16.3. The molecule has 1 aromatic rings. The van der Waals surface area contributed by atoms with Gasteiger partial charge in [0.15, 0.2) is 0 Å². The Bertz CT molecular complexity index is 966. The fourth-order valence-corrected chi connectivity index (χ4v) is 5.00. The van der Waals surface area contributed by atoms with E-state index in [2.05, 4.69) is 43.9 Å². The van der Waals surface area contributed by atoms with Crippen LogP contribution in [0.25, 0.3) is 0 Å². The maximum atomic E-state index is 13.0. The lowest BCUT2D eigenvalue weighted by Gasteiger charge is -2.27. The average Bonchev–Trinajstić information content (AvgIpc) is 2.98. The van der Waals surface area contributed by atoms with Crippen LogP contribution in [-0.4, -0.2) is 79.6 Å². The number of nitrogens with one attached hydrogen (secondary N) is 2. The van der Waals surface area contributed by atoms with Crippen LogP contribution in [0.3, 0.4) is 0 Å². The van der Waals surface area contributed by atoms with Gasteiger partial charge in [-0.3, -0.25) is 9.59 Å². The highest BCUT2D eigenvalue weighted by molar-refractivity contribution is 5.82. The van der Waals surface area contributed by atoms with Crippen molar-refractivity contribution in [2.75, 3.05) is 40.8 Å². The second-order valence-electron chi connectivity index (χ2n) is 13.0. The van der Waals surface area contributed by atoms with Crippen molar-refractivity contribution in [1.29, 1.82) is 0 Å². The molecule has 3 N–H and O–H groups in total. The Morgan fingerprint density at radius 1 is 1.07 bits per heavy atom. The smallest absolute Gasteiger partial charge is 0.243 e. The standard InChI is InChI=1S/C29H46N4O3.C7H14/c1-8-12-27(29(36)30-21-26(34)16-15-22(2)3)31-23(4)25(19-24-13-10-9-11-14-24)20-28(35)33(7)18-17-32(5)6;1-7-5-3-2-4-6-7/h1,9-11,13-14,22,25-27,31,34H,4,12,15-21H2,2-3,5-7H3,(H,30,36);7H,2-6H2,1H3/t25-,26?,27?;/m1./s1. The van der Waals surface area contributed by atoms with Gasteiger partial charge in [0, 0.05) is 51.1 Å². The molecule has 242 valence electrons. The fraction of sp³-hybridized carbons (Fsp3) is 0.667. The molecule has 7 heteroatoms. The van der Waals surface area contributed by atoms with Gasteiger partial charge in [-0.25, -0.2) is 0 Å². The number of allylic oxidation sites excluding steroid dienone is 1. The molecule has 0 bridgehead atoms. The van der Waals surface area contributed by atoms with Crippen molar-refractivity contribution in [2.45, 2.75) is 97.1 Å². The van der Waals surface area contributed by atoms with Gasteiger partial charge in [0.1, 0.15) is 6.04 Å². The first-order valence-electron chi connectivity index (χ1n) is 16.2. The van der Waals surface area contributed by atoms with Gasteiger partial charge in [0.05, 0.1) is 6.10 Å². The molecular formula is C36H60N4O3. The molecule has 0 heterocycles. The monoisotopic (exact) mass is 596 g/mol. The van der Waals surface area contributed by atoms with Crippen LogP contribution in [0.2, 0.25) is 0 Å². The second kappa shape index (κ2) is 21.8. The van der Waals surface area contributed by atoms with Crippen LogP contribution in [0.15, 0.2) is 42.6 Å². The summed E-state index contributed by atoms with van der Waals surface area (Å²) in [6.07, 6.45) is 14.9. The molecule has 1 saturated carbocycles. The first-order chi connectivity index (χ1) is 20.4. The molecule has 1 fully saturated rings. The normalized spacial score (nSPS) is 15.4. The molecule has 2 unspecified atom stereocenters. The summed E-state index contributed by atoms with van der Waals surface area (Å²) in [5, 5.41) is 16.2. The van der Waals surface area contributed by atoms with Gasteiger partial charge < -0.3 is 25.5 Å². The highest BCUT2D eigenvalue weighted by Crippen LogP contribution is 2.22. The first-order valence-corrected chi connectivity index (χ1v) is 16.2. The van der Waals surface area contributed by atoms with Crippen LogP contribution in [-0.2, 0) is 16.0 Å². The molecule has 0 radical (unpaired) electrons. The van der Waals surface area contributed by atoms with Gasteiger partial charge in [0.25, 0.3) is 0 Å². The van der Waals surface area contributed by atoms with E-state index in [0.717, 1.165) is 24.4 Å². The van der Waals surface area contributed by atoms with E-state index in [4.69, 9.17) is 6.42 Å². The lowest BCUT2D eigenvalue weighted by atomic mass is 9.91. The van der Waals surface area contributed by atoms with Gasteiger partial charge >= 0.3 is 0 Å². The largest absolute Gasteiger partial charge is 0.391 e. The number of nitrogens with zero attached hydrogens (tertiary/aromatic N) is 2. The molecule has 2 rings (SSSR count). The predicted molar refractivity (Wildman–Crippen MR) is 179 cm³/mol. The van der Waals surface area contributed by atoms with E-state index in [1.54, 1.807) is 11.9 Å². The Kier molecular flexibility index (Phi) is 19.4. The summed E-state index contributed by atoms with van der Waals surface area (Å²) in [7, 11) is 5.76. The van der Waals surface area contributed by atoms with Crippen molar-refractivity contribution in [3.05, 3.63) is 48.2 Å². The van der Waals surface area contributed by atoms with Crippen LogP contribution in [0.4, 0.5) is 0 Å². The first kappa shape index (κ1) is 38.2. The minimum Gasteiger partial charge on any atom is -0.391 e. The molecule has 7 nitrogen and oxygen atoms in total. The van der Waals surface area contributed by atoms with Crippen molar-refractivity contribution in [3.8, 4) is 12.3 Å². The van der Waals surface area contributed by atoms with Gasteiger partial charge in [-0.05, 0) is 50.8 Å². The Labute approximate surface area is 262 Å². The SMILES string of the molecule is C#CCC(NC(=C)[C@@H](CC(=O)N(C)CCN(C)C)Cc1ccccc1)C(=O)NCC(O)CCC(C)C.CC1CCCCC1. The Morgan fingerprint density at radius 2 is 1.72 bits per heavy atom. The van der Waals surface area contributed by atoms with Crippen LogP contribution in [0.5, 0.6) is 0 Å². The number of hydrogen-bond donors (Lipinski definition) is 3. The number of amides is 2.